The lowest BCUT2D eigenvalue weighted by molar-refractivity contribution is -0.144. The topological polar surface area (TPSA) is 26.3 Å². The molecule has 0 bridgehead atoms. The maximum atomic E-state index is 12.5. The molecule has 2 atom stereocenters. The molecule has 0 amide bonds. The summed E-state index contributed by atoms with van der Waals surface area (Å²) in [5, 5.41) is 0. The molecule has 0 aliphatic rings. The van der Waals surface area contributed by atoms with Gasteiger partial charge in [-0.2, -0.15) is 0 Å². The van der Waals surface area contributed by atoms with E-state index >= 15 is 0 Å². The highest BCUT2D eigenvalue weighted by Crippen LogP contribution is 2.11. The third-order valence-electron chi connectivity index (χ3n) is 1.58. The highest BCUT2D eigenvalue weighted by molar-refractivity contribution is 5.69. The van der Waals surface area contributed by atoms with Crippen LogP contribution in [0.2, 0.25) is 0 Å². The minimum absolute atomic E-state index is 0.172. The van der Waals surface area contributed by atoms with Gasteiger partial charge >= 0.3 is 5.97 Å². The zero-order chi connectivity index (χ0) is 8.85. The molecular weight excluding hydrogens is 147 g/mol. The molecule has 0 aliphatic carbocycles. The molecular formula is C8H15FO2. The lowest BCUT2D eigenvalue weighted by Gasteiger charge is -2.10. The van der Waals surface area contributed by atoms with Gasteiger partial charge in [0, 0.05) is 0 Å². The van der Waals surface area contributed by atoms with E-state index in [4.69, 9.17) is 0 Å². The monoisotopic (exact) mass is 162 g/mol. The van der Waals surface area contributed by atoms with E-state index in [1.54, 1.807) is 13.8 Å². The number of halogens is 1. The van der Waals surface area contributed by atoms with Gasteiger partial charge in [0.15, 0.2) is 0 Å². The smallest absolute Gasteiger partial charge is 0.306 e. The van der Waals surface area contributed by atoms with Gasteiger partial charge in [-0.3, -0.25) is 4.79 Å². The second-order valence-electron chi connectivity index (χ2n) is 2.66. The van der Waals surface area contributed by atoms with Gasteiger partial charge in [0.1, 0.15) is 6.17 Å². The molecule has 0 heterocycles. The van der Waals surface area contributed by atoms with Crippen molar-refractivity contribution in [1.29, 1.82) is 0 Å². The molecule has 0 radical (unpaired) electrons. The Balaban J connectivity index is 3.57. The van der Waals surface area contributed by atoms with Gasteiger partial charge in [-0.1, -0.05) is 6.92 Å². The second-order valence-corrected chi connectivity index (χ2v) is 2.66. The van der Waals surface area contributed by atoms with Crippen molar-refractivity contribution in [3.05, 3.63) is 0 Å². The zero-order valence-electron chi connectivity index (χ0n) is 7.26. The van der Waals surface area contributed by atoms with E-state index in [1.807, 2.05) is 0 Å². The predicted molar refractivity (Wildman–Crippen MR) is 41.0 cm³/mol. The highest BCUT2D eigenvalue weighted by Gasteiger charge is 2.15. The maximum absolute atomic E-state index is 12.5. The maximum Gasteiger partial charge on any atom is 0.306 e. The Bertz CT molecular complexity index is 123. The van der Waals surface area contributed by atoms with Gasteiger partial charge in [0.25, 0.3) is 0 Å². The summed E-state index contributed by atoms with van der Waals surface area (Å²) in [6, 6.07) is 0. The first-order valence-electron chi connectivity index (χ1n) is 3.87. The fraction of sp³-hybridized carbons (Fsp3) is 0.875. The summed E-state index contributed by atoms with van der Waals surface area (Å²) in [4.78, 5) is 10.8. The number of alkyl halides is 1. The Labute approximate surface area is 66.7 Å². The Kier molecular flexibility index (Phi) is 4.83. The van der Waals surface area contributed by atoms with Crippen LogP contribution in [0.5, 0.6) is 0 Å². The number of rotatable bonds is 4. The standard InChI is InChI=1S/C8H15FO2/c1-4-11-8(10)5-6(2)7(3)9/h6-7H,4-5H2,1-3H3. The molecule has 0 saturated heterocycles. The van der Waals surface area contributed by atoms with Gasteiger partial charge in [0.05, 0.1) is 13.0 Å². The van der Waals surface area contributed by atoms with Crippen LogP contribution in [0.3, 0.4) is 0 Å². The van der Waals surface area contributed by atoms with Crippen molar-refractivity contribution < 1.29 is 13.9 Å². The molecule has 11 heavy (non-hydrogen) atoms. The van der Waals surface area contributed by atoms with E-state index < -0.39 is 6.17 Å². The van der Waals surface area contributed by atoms with E-state index in [1.165, 1.54) is 6.92 Å². The van der Waals surface area contributed by atoms with Crippen LogP contribution in [0, 0.1) is 5.92 Å². The largest absolute Gasteiger partial charge is 0.466 e. The molecule has 2 nitrogen and oxygen atoms in total. The Morgan fingerprint density at radius 3 is 2.45 bits per heavy atom. The van der Waals surface area contributed by atoms with Gasteiger partial charge in [0.2, 0.25) is 0 Å². The average Bonchev–Trinajstić information content (AvgIpc) is 1.87. The third kappa shape index (κ3) is 4.76. The van der Waals surface area contributed by atoms with Crippen LogP contribution in [0.1, 0.15) is 27.2 Å². The molecule has 0 fully saturated rings. The van der Waals surface area contributed by atoms with Crippen LogP contribution in [0.4, 0.5) is 4.39 Å². The zero-order valence-corrected chi connectivity index (χ0v) is 7.26. The first-order chi connectivity index (χ1) is 5.07. The number of ether oxygens (including phenoxy) is 1. The van der Waals surface area contributed by atoms with Crippen molar-refractivity contribution in [2.75, 3.05) is 6.61 Å². The Morgan fingerprint density at radius 1 is 1.55 bits per heavy atom. The molecule has 0 aromatic rings. The molecule has 0 aliphatic heterocycles. The van der Waals surface area contributed by atoms with Crippen LogP contribution in [-0.2, 0) is 9.53 Å². The summed E-state index contributed by atoms with van der Waals surface area (Å²) in [6.45, 7) is 5.25. The van der Waals surface area contributed by atoms with E-state index in [0.29, 0.717) is 6.61 Å². The highest BCUT2D eigenvalue weighted by atomic mass is 19.1. The van der Waals surface area contributed by atoms with Crippen LogP contribution in [-0.4, -0.2) is 18.7 Å². The first-order valence-corrected chi connectivity index (χ1v) is 3.87. The van der Waals surface area contributed by atoms with Crippen LogP contribution in [0.25, 0.3) is 0 Å². The van der Waals surface area contributed by atoms with Gasteiger partial charge in [-0.25, -0.2) is 4.39 Å². The minimum Gasteiger partial charge on any atom is -0.466 e. The number of carbonyl (C=O) groups excluding carboxylic acids is 1. The molecule has 0 aromatic carbocycles. The summed E-state index contributed by atoms with van der Waals surface area (Å²) in [5.41, 5.74) is 0. The van der Waals surface area contributed by atoms with Gasteiger partial charge < -0.3 is 4.74 Å². The number of carbonyl (C=O) groups is 1. The molecule has 3 heteroatoms. The van der Waals surface area contributed by atoms with E-state index in [2.05, 4.69) is 4.74 Å². The SMILES string of the molecule is CCOC(=O)CC(C)C(C)F. The van der Waals surface area contributed by atoms with Crippen molar-refractivity contribution in [1.82, 2.24) is 0 Å². The molecule has 0 rings (SSSR count). The minimum atomic E-state index is -0.945. The fourth-order valence-electron chi connectivity index (χ4n) is 0.645. The number of esters is 1. The predicted octanol–water partition coefficient (Wildman–Crippen LogP) is 1.93. The van der Waals surface area contributed by atoms with Crippen molar-refractivity contribution in [2.45, 2.75) is 33.4 Å². The van der Waals surface area contributed by atoms with Gasteiger partial charge in [-0.05, 0) is 19.8 Å². The molecule has 66 valence electrons. The second kappa shape index (κ2) is 5.10. The molecule has 0 saturated carbocycles. The Morgan fingerprint density at radius 2 is 2.09 bits per heavy atom. The number of hydrogen-bond acceptors (Lipinski definition) is 2. The first kappa shape index (κ1) is 10.4. The normalized spacial score (nSPS) is 15.6. The van der Waals surface area contributed by atoms with E-state index in [0.717, 1.165) is 0 Å². The summed E-state index contributed by atoms with van der Waals surface area (Å²) >= 11 is 0. The third-order valence-corrected chi connectivity index (χ3v) is 1.58. The summed E-state index contributed by atoms with van der Waals surface area (Å²) in [7, 11) is 0. The molecule has 2 unspecified atom stereocenters. The average molecular weight is 162 g/mol. The van der Waals surface area contributed by atoms with Crippen molar-refractivity contribution >= 4 is 5.97 Å². The Hall–Kier alpha value is -0.600. The van der Waals surface area contributed by atoms with Crippen LogP contribution >= 0.6 is 0 Å². The van der Waals surface area contributed by atoms with Crippen molar-refractivity contribution in [2.24, 2.45) is 5.92 Å². The molecule has 0 aromatic heterocycles. The summed E-state index contributed by atoms with van der Waals surface area (Å²) in [6.07, 6.45) is -0.773. The van der Waals surface area contributed by atoms with Crippen molar-refractivity contribution in [3.8, 4) is 0 Å². The van der Waals surface area contributed by atoms with E-state index in [9.17, 15) is 9.18 Å². The molecule has 0 spiro atoms. The quantitative estimate of drug-likeness (QED) is 0.590. The lowest BCUT2D eigenvalue weighted by atomic mass is 10.0. The summed E-state index contributed by atoms with van der Waals surface area (Å²) < 4.78 is 17.1. The van der Waals surface area contributed by atoms with Gasteiger partial charge in [-0.15, -0.1) is 0 Å². The van der Waals surface area contributed by atoms with E-state index in [-0.39, 0.29) is 18.3 Å². The summed E-state index contributed by atoms with van der Waals surface area (Å²) in [5.74, 6) is -0.557. The van der Waals surface area contributed by atoms with Crippen LogP contribution < -0.4 is 0 Å². The van der Waals surface area contributed by atoms with Crippen molar-refractivity contribution in [3.63, 3.8) is 0 Å². The molecule has 0 N–H and O–H groups in total. The fourth-order valence-corrected chi connectivity index (χ4v) is 0.645. The van der Waals surface area contributed by atoms with Crippen LogP contribution in [0.15, 0.2) is 0 Å². The lowest BCUT2D eigenvalue weighted by Crippen LogP contribution is -2.15. The number of hydrogen-bond donors (Lipinski definition) is 0.